The van der Waals surface area contributed by atoms with Crippen LogP contribution in [0.1, 0.15) is 34.9 Å². The van der Waals surface area contributed by atoms with Gasteiger partial charge in [0, 0.05) is 0 Å². The number of ether oxygens (including phenoxy) is 2. The number of hydrogen-bond acceptors (Lipinski definition) is 6. The van der Waals surface area contributed by atoms with E-state index in [2.05, 4.69) is 0 Å². The van der Waals surface area contributed by atoms with Gasteiger partial charge in [0.25, 0.3) is 0 Å². The molecule has 1 fully saturated rings. The van der Waals surface area contributed by atoms with Gasteiger partial charge in [-0.05, 0) is 19.9 Å². The van der Waals surface area contributed by atoms with Gasteiger partial charge >= 0.3 is 5.97 Å². The van der Waals surface area contributed by atoms with Crippen LogP contribution in [0.3, 0.4) is 0 Å². The van der Waals surface area contributed by atoms with Crippen LogP contribution in [0.5, 0.6) is 0 Å². The van der Waals surface area contributed by atoms with E-state index < -0.39 is 24.3 Å². The van der Waals surface area contributed by atoms with Gasteiger partial charge in [0.1, 0.15) is 35.4 Å². The lowest BCUT2D eigenvalue weighted by atomic mass is 10.1. The van der Waals surface area contributed by atoms with Crippen molar-refractivity contribution in [3.8, 4) is 0 Å². The monoisotopic (exact) mass is 256 g/mol. The summed E-state index contributed by atoms with van der Waals surface area (Å²) in [5.74, 6) is 0.248. The average molecular weight is 256 g/mol. The topological polar surface area (TPSA) is 89.1 Å². The van der Waals surface area contributed by atoms with Crippen molar-refractivity contribution in [1.82, 2.24) is 0 Å². The predicted octanol–water partition coefficient (Wildman–Crippen LogP) is 0.558. The summed E-state index contributed by atoms with van der Waals surface area (Å²) in [6, 6.07) is 1.49. The summed E-state index contributed by atoms with van der Waals surface area (Å²) in [7, 11) is 0. The molecule has 0 bridgehead atoms. The average Bonchev–Trinajstić information content (AvgIpc) is 2.85. The standard InChI is InChI=1S/C12H16O6/c1-3-16-12(15)7-4-9(18-6(7)2)11-10(14)8(13)5-17-11/h4,8,10-11,13-14H,3,5H2,1-2H3/t8-,10-,11+/m1/s1. The lowest BCUT2D eigenvalue weighted by Gasteiger charge is -2.11. The Morgan fingerprint density at radius 2 is 2.28 bits per heavy atom. The van der Waals surface area contributed by atoms with Crippen LogP contribution in [0.4, 0.5) is 0 Å². The number of aryl methyl sites for hydroxylation is 1. The van der Waals surface area contributed by atoms with Crippen molar-refractivity contribution in [3.63, 3.8) is 0 Å². The van der Waals surface area contributed by atoms with Gasteiger partial charge in [0.15, 0.2) is 0 Å². The van der Waals surface area contributed by atoms with Crippen molar-refractivity contribution in [2.24, 2.45) is 0 Å². The van der Waals surface area contributed by atoms with E-state index in [9.17, 15) is 15.0 Å². The largest absolute Gasteiger partial charge is 0.463 e. The second-order valence-corrected chi connectivity index (χ2v) is 4.15. The summed E-state index contributed by atoms with van der Waals surface area (Å²) in [5, 5.41) is 19.1. The molecular formula is C12H16O6. The second-order valence-electron chi connectivity index (χ2n) is 4.15. The Labute approximate surface area is 104 Å². The van der Waals surface area contributed by atoms with Crippen molar-refractivity contribution < 1.29 is 28.9 Å². The van der Waals surface area contributed by atoms with Crippen molar-refractivity contribution in [1.29, 1.82) is 0 Å². The van der Waals surface area contributed by atoms with Gasteiger partial charge < -0.3 is 24.1 Å². The molecule has 1 aliphatic heterocycles. The van der Waals surface area contributed by atoms with Crippen LogP contribution in [0.15, 0.2) is 10.5 Å². The molecule has 1 saturated heterocycles. The zero-order valence-corrected chi connectivity index (χ0v) is 10.3. The molecule has 0 saturated carbocycles. The molecule has 2 N–H and O–H groups in total. The second kappa shape index (κ2) is 5.09. The molecule has 1 aromatic heterocycles. The van der Waals surface area contributed by atoms with Gasteiger partial charge in [-0.2, -0.15) is 0 Å². The maximum atomic E-state index is 11.6. The molecule has 100 valence electrons. The number of esters is 1. The SMILES string of the molecule is CCOC(=O)c1cc([C@@H]2OC[C@@H](O)[C@H]2O)oc1C. The first kappa shape index (κ1) is 13.1. The van der Waals surface area contributed by atoms with Crippen molar-refractivity contribution in [3.05, 3.63) is 23.2 Å². The Kier molecular flexibility index (Phi) is 3.70. The quantitative estimate of drug-likeness (QED) is 0.768. The minimum Gasteiger partial charge on any atom is -0.463 e. The number of aliphatic hydroxyl groups is 2. The summed E-state index contributed by atoms with van der Waals surface area (Å²) >= 11 is 0. The Morgan fingerprint density at radius 1 is 1.56 bits per heavy atom. The summed E-state index contributed by atoms with van der Waals surface area (Å²) in [5.41, 5.74) is 0.309. The number of carbonyl (C=O) groups is 1. The van der Waals surface area contributed by atoms with Gasteiger partial charge in [-0.1, -0.05) is 0 Å². The van der Waals surface area contributed by atoms with Crippen LogP contribution in [-0.4, -0.2) is 41.6 Å². The summed E-state index contributed by atoms with van der Waals surface area (Å²) < 4.78 is 15.5. The zero-order valence-electron chi connectivity index (χ0n) is 10.3. The first-order valence-corrected chi connectivity index (χ1v) is 5.79. The van der Waals surface area contributed by atoms with E-state index in [0.29, 0.717) is 17.1 Å². The van der Waals surface area contributed by atoms with Crippen molar-refractivity contribution >= 4 is 5.97 Å². The van der Waals surface area contributed by atoms with E-state index in [4.69, 9.17) is 13.9 Å². The molecule has 0 amide bonds. The van der Waals surface area contributed by atoms with Crippen LogP contribution >= 0.6 is 0 Å². The van der Waals surface area contributed by atoms with Crippen LogP contribution in [0.25, 0.3) is 0 Å². The molecule has 0 unspecified atom stereocenters. The maximum absolute atomic E-state index is 11.6. The first-order chi connectivity index (χ1) is 8.54. The number of rotatable bonds is 3. The molecular weight excluding hydrogens is 240 g/mol. The minimum atomic E-state index is -1.05. The van der Waals surface area contributed by atoms with E-state index in [1.54, 1.807) is 13.8 Å². The molecule has 1 aliphatic rings. The molecule has 0 radical (unpaired) electrons. The fourth-order valence-corrected chi connectivity index (χ4v) is 1.91. The van der Waals surface area contributed by atoms with E-state index in [0.717, 1.165) is 0 Å². The number of aliphatic hydroxyl groups excluding tert-OH is 2. The van der Waals surface area contributed by atoms with Crippen molar-refractivity contribution in [2.75, 3.05) is 13.2 Å². The molecule has 3 atom stereocenters. The molecule has 0 aliphatic carbocycles. The fraction of sp³-hybridized carbons (Fsp3) is 0.583. The normalized spacial score (nSPS) is 27.4. The molecule has 6 heteroatoms. The van der Waals surface area contributed by atoms with E-state index >= 15 is 0 Å². The molecule has 2 heterocycles. The van der Waals surface area contributed by atoms with Gasteiger partial charge in [0.05, 0.1) is 13.2 Å². The lowest BCUT2D eigenvalue weighted by molar-refractivity contribution is 0.0117. The van der Waals surface area contributed by atoms with Crippen molar-refractivity contribution in [2.45, 2.75) is 32.2 Å². The molecule has 2 rings (SSSR count). The fourth-order valence-electron chi connectivity index (χ4n) is 1.91. The molecule has 0 aromatic carbocycles. The Balaban J connectivity index is 2.21. The smallest absolute Gasteiger partial charge is 0.341 e. The molecule has 18 heavy (non-hydrogen) atoms. The van der Waals surface area contributed by atoms with E-state index in [1.807, 2.05) is 0 Å². The lowest BCUT2D eigenvalue weighted by Crippen LogP contribution is -2.24. The van der Waals surface area contributed by atoms with Gasteiger partial charge in [-0.3, -0.25) is 0 Å². The molecule has 0 spiro atoms. The Morgan fingerprint density at radius 3 is 2.83 bits per heavy atom. The number of furan rings is 1. The van der Waals surface area contributed by atoms with Crippen LogP contribution in [0.2, 0.25) is 0 Å². The van der Waals surface area contributed by atoms with E-state index in [1.165, 1.54) is 6.07 Å². The third-order valence-corrected chi connectivity index (χ3v) is 2.86. The summed E-state index contributed by atoms with van der Waals surface area (Å²) in [6.45, 7) is 3.67. The van der Waals surface area contributed by atoms with Gasteiger partial charge in [-0.25, -0.2) is 4.79 Å². The van der Waals surface area contributed by atoms with Crippen LogP contribution in [0, 0.1) is 6.92 Å². The van der Waals surface area contributed by atoms with Gasteiger partial charge in [-0.15, -0.1) is 0 Å². The summed E-state index contributed by atoms with van der Waals surface area (Å²) in [4.78, 5) is 11.6. The highest BCUT2D eigenvalue weighted by atomic mass is 16.5. The highest BCUT2D eigenvalue weighted by Gasteiger charge is 2.38. The number of hydrogen-bond donors (Lipinski definition) is 2. The Bertz CT molecular complexity index is 438. The third kappa shape index (κ3) is 2.27. The first-order valence-electron chi connectivity index (χ1n) is 5.79. The maximum Gasteiger partial charge on any atom is 0.341 e. The highest BCUT2D eigenvalue weighted by molar-refractivity contribution is 5.90. The highest BCUT2D eigenvalue weighted by Crippen LogP contribution is 2.32. The molecule has 1 aromatic rings. The zero-order chi connectivity index (χ0) is 13.3. The van der Waals surface area contributed by atoms with Crippen LogP contribution < -0.4 is 0 Å². The predicted molar refractivity (Wildman–Crippen MR) is 60.1 cm³/mol. The summed E-state index contributed by atoms with van der Waals surface area (Å²) in [6.07, 6.45) is -2.74. The van der Waals surface area contributed by atoms with E-state index in [-0.39, 0.29) is 13.2 Å². The van der Waals surface area contributed by atoms with Gasteiger partial charge in [0.2, 0.25) is 0 Å². The Hall–Kier alpha value is -1.37. The van der Waals surface area contributed by atoms with Crippen LogP contribution in [-0.2, 0) is 9.47 Å². The molecule has 6 nitrogen and oxygen atoms in total. The third-order valence-electron chi connectivity index (χ3n) is 2.86. The number of carbonyl (C=O) groups excluding carboxylic acids is 1. The minimum absolute atomic E-state index is 0.0420.